The molecule has 248 valence electrons. The summed E-state index contributed by atoms with van der Waals surface area (Å²) in [6.07, 6.45) is 0. The first-order valence-corrected chi connectivity index (χ1v) is 18.0. The molecule has 0 saturated heterocycles. The molecule has 0 aliphatic rings. The maximum absolute atomic E-state index is 6.79. The van der Waals surface area contributed by atoms with Crippen molar-refractivity contribution in [3.8, 4) is 22.3 Å². The molecule has 3 heteroatoms. The van der Waals surface area contributed by atoms with Crippen molar-refractivity contribution in [2.45, 2.75) is 0 Å². The minimum atomic E-state index is 0.839. The van der Waals surface area contributed by atoms with Crippen molar-refractivity contribution >= 4 is 82.5 Å². The molecular formula is C50H31NO2. The molecule has 2 heterocycles. The van der Waals surface area contributed by atoms with Crippen LogP contribution < -0.4 is 4.90 Å². The number of nitrogens with zero attached hydrogens (tertiary/aromatic N) is 1. The van der Waals surface area contributed by atoms with Crippen LogP contribution in [0.5, 0.6) is 0 Å². The van der Waals surface area contributed by atoms with E-state index in [9.17, 15) is 0 Å². The summed E-state index contributed by atoms with van der Waals surface area (Å²) in [6.45, 7) is 0. The minimum Gasteiger partial charge on any atom is -0.456 e. The highest BCUT2D eigenvalue weighted by atomic mass is 16.3. The quantitative estimate of drug-likeness (QED) is 0.182. The average Bonchev–Trinajstić information content (AvgIpc) is 3.80. The van der Waals surface area contributed by atoms with Crippen LogP contribution in [-0.2, 0) is 0 Å². The number of rotatable bonds is 5. The van der Waals surface area contributed by atoms with Crippen LogP contribution in [0.1, 0.15) is 0 Å². The Labute approximate surface area is 305 Å². The number of furan rings is 2. The van der Waals surface area contributed by atoms with Crippen molar-refractivity contribution in [3.63, 3.8) is 0 Å². The fourth-order valence-corrected chi connectivity index (χ4v) is 8.22. The van der Waals surface area contributed by atoms with Crippen molar-refractivity contribution in [2.24, 2.45) is 0 Å². The summed E-state index contributed by atoms with van der Waals surface area (Å²) in [5.74, 6) is 0. The fourth-order valence-electron chi connectivity index (χ4n) is 8.22. The first kappa shape index (κ1) is 29.6. The molecule has 0 fully saturated rings. The molecule has 0 saturated carbocycles. The van der Waals surface area contributed by atoms with Gasteiger partial charge in [-0.2, -0.15) is 0 Å². The molecule has 0 unspecified atom stereocenters. The zero-order valence-electron chi connectivity index (χ0n) is 28.7. The van der Waals surface area contributed by atoms with Gasteiger partial charge in [0.2, 0.25) is 0 Å². The third kappa shape index (κ3) is 4.68. The summed E-state index contributed by atoms with van der Waals surface area (Å²) in [5.41, 5.74) is 11.1. The van der Waals surface area contributed by atoms with Crippen molar-refractivity contribution in [3.05, 3.63) is 188 Å². The van der Waals surface area contributed by atoms with Crippen LogP contribution in [0, 0.1) is 0 Å². The molecule has 2 aromatic heterocycles. The number of para-hydroxylation sites is 1. The van der Waals surface area contributed by atoms with Crippen LogP contribution in [0.4, 0.5) is 17.1 Å². The van der Waals surface area contributed by atoms with E-state index in [-0.39, 0.29) is 0 Å². The molecular weight excluding hydrogens is 647 g/mol. The van der Waals surface area contributed by atoms with Gasteiger partial charge in [-0.25, -0.2) is 0 Å². The summed E-state index contributed by atoms with van der Waals surface area (Å²) < 4.78 is 13.5. The normalized spacial score (nSPS) is 11.8. The molecule has 0 radical (unpaired) electrons. The maximum Gasteiger partial charge on any atom is 0.143 e. The van der Waals surface area contributed by atoms with E-state index in [0.29, 0.717) is 0 Å². The highest BCUT2D eigenvalue weighted by Crippen LogP contribution is 2.47. The Hall–Kier alpha value is -7.10. The second kappa shape index (κ2) is 11.7. The van der Waals surface area contributed by atoms with Crippen molar-refractivity contribution in [1.82, 2.24) is 0 Å². The zero-order valence-corrected chi connectivity index (χ0v) is 28.7. The van der Waals surface area contributed by atoms with Crippen molar-refractivity contribution < 1.29 is 8.83 Å². The van der Waals surface area contributed by atoms with Gasteiger partial charge in [0.05, 0.1) is 5.69 Å². The molecule has 0 spiro atoms. The predicted molar refractivity (Wildman–Crippen MR) is 222 cm³/mol. The van der Waals surface area contributed by atoms with E-state index >= 15 is 0 Å². The topological polar surface area (TPSA) is 29.5 Å². The summed E-state index contributed by atoms with van der Waals surface area (Å²) in [5, 5.41) is 9.15. The first-order valence-electron chi connectivity index (χ1n) is 18.0. The van der Waals surface area contributed by atoms with Gasteiger partial charge in [-0.1, -0.05) is 146 Å². The Morgan fingerprint density at radius 2 is 1.00 bits per heavy atom. The highest BCUT2D eigenvalue weighted by Gasteiger charge is 2.23. The van der Waals surface area contributed by atoms with Gasteiger partial charge in [0, 0.05) is 56.0 Å². The SMILES string of the molecule is c1ccc(-c2cccc(N(c3ccc4c(c3)oc3c(-c5ccccc5)cccc34)c3cc4oc5ccc6ccccc6c5c4c4ccccc34)c2)cc1. The van der Waals surface area contributed by atoms with E-state index in [1.807, 2.05) is 6.07 Å². The van der Waals surface area contributed by atoms with Gasteiger partial charge in [0.25, 0.3) is 0 Å². The summed E-state index contributed by atoms with van der Waals surface area (Å²) in [4.78, 5) is 2.35. The van der Waals surface area contributed by atoms with Gasteiger partial charge in [0.15, 0.2) is 0 Å². The molecule has 0 N–H and O–H groups in total. The first-order chi connectivity index (χ1) is 26.3. The molecule has 53 heavy (non-hydrogen) atoms. The van der Waals surface area contributed by atoms with Crippen LogP contribution in [0.3, 0.4) is 0 Å². The molecule has 0 bridgehead atoms. The Morgan fingerprint density at radius 3 is 1.85 bits per heavy atom. The Kier molecular flexibility index (Phi) is 6.55. The third-order valence-electron chi connectivity index (χ3n) is 10.6. The van der Waals surface area contributed by atoms with Gasteiger partial charge >= 0.3 is 0 Å². The van der Waals surface area contributed by atoms with E-state index in [1.54, 1.807) is 0 Å². The summed E-state index contributed by atoms with van der Waals surface area (Å²) >= 11 is 0. The zero-order chi connectivity index (χ0) is 34.9. The van der Waals surface area contributed by atoms with E-state index in [1.165, 1.54) is 16.3 Å². The Balaban J connectivity index is 1.19. The van der Waals surface area contributed by atoms with Gasteiger partial charge in [0.1, 0.15) is 22.3 Å². The standard InChI is InChI=1S/C50H31NO2/c1-3-13-32(14-4-1)35-18-11-19-36(29-35)51(37-26-27-41-43-24-12-23-39(33-15-5-2-6-16-33)50(43)53-46(41)30-37)44-31-47-49(42-22-10-9-21-40(42)44)48-38-20-8-7-17-34(38)25-28-45(48)52-47/h1-31H. The maximum atomic E-state index is 6.79. The lowest BCUT2D eigenvalue weighted by molar-refractivity contribution is 0.669. The highest BCUT2D eigenvalue weighted by molar-refractivity contribution is 6.28. The molecule has 11 rings (SSSR count). The Morgan fingerprint density at radius 1 is 0.340 bits per heavy atom. The number of anilines is 3. The molecule has 0 aliphatic carbocycles. The lowest BCUT2D eigenvalue weighted by Crippen LogP contribution is -2.10. The molecule has 9 aromatic carbocycles. The van der Waals surface area contributed by atoms with E-state index in [2.05, 4.69) is 187 Å². The van der Waals surface area contributed by atoms with Gasteiger partial charge in [-0.3, -0.25) is 0 Å². The number of benzene rings is 9. The molecule has 0 amide bonds. The van der Waals surface area contributed by atoms with Crippen LogP contribution in [-0.4, -0.2) is 0 Å². The van der Waals surface area contributed by atoms with Gasteiger partial charge < -0.3 is 13.7 Å². The van der Waals surface area contributed by atoms with Crippen LogP contribution >= 0.6 is 0 Å². The van der Waals surface area contributed by atoms with Crippen LogP contribution in [0.15, 0.2) is 197 Å². The fraction of sp³-hybridized carbons (Fsp3) is 0. The van der Waals surface area contributed by atoms with E-state index in [4.69, 9.17) is 8.83 Å². The predicted octanol–water partition coefficient (Wildman–Crippen LogP) is 14.6. The molecule has 0 aliphatic heterocycles. The summed E-state index contributed by atoms with van der Waals surface area (Å²) in [7, 11) is 0. The van der Waals surface area contributed by atoms with Gasteiger partial charge in [-0.15, -0.1) is 0 Å². The lowest BCUT2D eigenvalue weighted by atomic mass is 9.97. The molecule has 3 nitrogen and oxygen atoms in total. The summed E-state index contributed by atoms with van der Waals surface area (Å²) in [6, 6.07) is 66.6. The minimum absolute atomic E-state index is 0.839. The molecule has 11 aromatic rings. The second-order valence-electron chi connectivity index (χ2n) is 13.7. The van der Waals surface area contributed by atoms with Crippen LogP contribution in [0.25, 0.3) is 87.7 Å². The largest absolute Gasteiger partial charge is 0.456 e. The monoisotopic (exact) mass is 677 g/mol. The molecule has 0 atom stereocenters. The van der Waals surface area contributed by atoms with Crippen LogP contribution in [0.2, 0.25) is 0 Å². The second-order valence-corrected chi connectivity index (χ2v) is 13.7. The van der Waals surface area contributed by atoms with E-state index < -0.39 is 0 Å². The average molecular weight is 678 g/mol. The third-order valence-corrected chi connectivity index (χ3v) is 10.6. The number of hydrogen-bond donors (Lipinski definition) is 0. The smallest absolute Gasteiger partial charge is 0.143 e. The van der Waals surface area contributed by atoms with Crippen molar-refractivity contribution in [1.29, 1.82) is 0 Å². The Bertz CT molecular complexity index is 3170. The van der Waals surface area contributed by atoms with E-state index in [0.717, 1.165) is 88.4 Å². The lowest BCUT2D eigenvalue weighted by Gasteiger charge is -2.27. The number of hydrogen-bond acceptors (Lipinski definition) is 3. The van der Waals surface area contributed by atoms with Crippen molar-refractivity contribution in [2.75, 3.05) is 4.90 Å². The number of fused-ring (bicyclic) bond motifs is 10. The van der Waals surface area contributed by atoms with Gasteiger partial charge in [-0.05, 0) is 63.2 Å².